The molecule has 1 saturated heterocycles. The predicted molar refractivity (Wildman–Crippen MR) is 78.2 cm³/mol. The highest BCUT2D eigenvalue weighted by atomic mass is 16.5. The smallest absolute Gasteiger partial charge is 0.320 e. The molecular formula is C16H23NO3. The quantitative estimate of drug-likeness (QED) is 0.899. The molecule has 0 aliphatic carbocycles. The molecule has 1 aliphatic heterocycles. The Morgan fingerprint density at radius 2 is 2.20 bits per heavy atom. The molecule has 1 aliphatic rings. The van der Waals surface area contributed by atoms with Crippen LogP contribution in [0.15, 0.2) is 12.1 Å². The number of aryl methyl sites for hydroxylation is 2. The Kier molecular flexibility index (Phi) is 4.65. The van der Waals surface area contributed by atoms with Gasteiger partial charge in [-0.15, -0.1) is 0 Å². The van der Waals surface area contributed by atoms with Crippen LogP contribution in [0.4, 0.5) is 0 Å². The average Bonchev–Trinajstić information content (AvgIpc) is 2.82. The lowest BCUT2D eigenvalue weighted by atomic mass is 10.0. The fourth-order valence-electron chi connectivity index (χ4n) is 2.94. The number of hydrogen-bond donors (Lipinski definition) is 1. The van der Waals surface area contributed by atoms with Crippen molar-refractivity contribution in [3.05, 3.63) is 28.8 Å². The molecule has 0 saturated carbocycles. The second-order valence-electron chi connectivity index (χ2n) is 5.46. The monoisotopic (exact) mass is 277 g/mol. The predicted octanol–water partition coefficient (Wildman–Crippen LogP) is 2.75. The summed E-state index contributed by atoms with van der Waals surface area (Å²) in [5.41, 5.74) is 3.46. The van der Waals surface area contributed by atoms with E-state index in [1.165, 1.54) is 11.1 Å². The number of aliphatic carboxylic acids is 1. The molecule has 4 heteroatoms. The maximum Gasteiger partial charge on any atom is 0.320 e. The molecule has 110 valence electrons. The van der Waals surface area contributed by atoms with Crippen molar-refractivity contribution >= 4 is 5.97 Å². The minimum absolute atomic E-state index is 0.356. The van der Waals surface area contributed by atoms with E-state index in [2.05, 4.69) is 19.9 Å². The van der Waals surface area contributed by atoms with Crippen molar-refractivity contribution in [3.8, 4) is 5.75 Å². The van der Waals surface area contributed by atoms with E-state index < -0.39 is 5.97 Å². The summed E-state index contributed by atoms with van der Waals surface area (Å²) < 4.78 is 5.73. The Morgan fingerprint density at radius 1 is 1.45 bits per heavy atom. The Morgan fingerprint density at radius 3 is 2.85 bits per heavy atom. The van der Waals surface area contributed by atoms with Crippen LogP contribution in [0.3, 0.4) is 0 Å². The highest BCUT2D eigenvalue weighted by Crippen LogP contribution is 2.29. The molecule has 0 radical (unpaired) electrons. The van der Waals surface area contributed by atoms with Gasteiger partial charge in [0.25, 0.3) is 0 Å². The molecule has 1 heterocycles. The number of likely N-dealkylation sites (tertiary alicyclic amines) is 1. The number of ether oxygens (including phenoxy) is 1. The fourth-order valence-corrected chi connectivity index (χ4v) is 2.94. The van der Waals surface area contributed by atoms with Crippen LogP contribution in [0.1, 0.15) is 36.5 Å². The number of carboxylic acids is 1. The molecule has 1 fully saturated rings. The first kappa shape index (κ1) is 14.9. The van der Waals surface area contributed by atoms with E-state index in [1.807, 2.05) is 17.9 Å². The van der Waals surface area contributed by atoms with Crippen LogP contribution in [0.25, 0.3) is 0 Å². The van der Waals surface area contributed by atoms with Gasteiger partial charge in [0, 0.05) is 12.1 Å². The van der Waals surface area contributed by atoms with Gasteiger partial charge < -0.3 is 9.84 Å². The Bertz CT molecular complexity index is 499. The van der Waals surface area contributed by atoms with Gasteiger partial charge in [-0.25, -0.2) is 0 Å². The van der Waals surface area contributed by atoms with Crippen molar-refractivity contribution in [3.63, 3.8) is 0 Å². The molecule has 1 aromatic carbocycles. The molecule has 2 rings (SSSR count). The molecule has 20 heavy (non-hydrogen) atoms. The van der Waals surface area contributed by atoms with Gasteiger partial charge in [0.15, 0.2) is 0 Å². The summed E-state index contributed by atoms with van der Waals surface area (Å²) >= 11 is 0. The standard InChI is InChI=1S/C16H23NO3/c1-4-20-15-9-11(2)8-12(3)13(15)10-17-7-5-6-14(17)16(18)19/h8-9,14H,4-7,10H2,1-3H3,(H,18,19). The molecule has 0 bridgehead atoms. The first-order chi connectivity index (χ1) is 9.52. The zero-order valence-corrected chi connectivity index (χ0v) is 12.5. The normalized spacial score (nSPS) is 19.2. The van der Waals surface area contributed by atoms with Gasteiger partial charge in [-0.3, -0.25) is 9.69 Å². The summed E-state index contributed by atoms with van der Waals surface area (Å²) in [6.45, 7) is 8.20. The maximum atomic E-state index is 11.3. The third kappa shape index (κ3) is 3.12. The van der Waals surface area contributed by atoms with Crippen LogP contribution in [0.5, 0.6) is 5.75 Å². The van der Waals surface area contributed by atoms with Crippen molar-refractivity contribution in [1.29, 1.82) is 0 Å². The lowest BCUT2D eigenvalue weighted by molar-refractivity contribution is -0.142. The van der Waals surface area contributed by atoms with E-state index in [9.17, 15) is 9.90 Å². The lowest BCUT2D eigenvalue weighted by Gasteiger charge is -2.24. The molecule has 1 N–H and O–H groups in total. The third-order valence-corrected chi connectivity index (χ3v) is 3.89. The van der Waals surface area contributed by atoms with Gasteiger partial charge >= 0.3 is 5.97 Å². The molecule has 4 nitrogen and oxygen atoms in total. The molecule has 1 unspecified atom stereocenters. The van der Waals surface area contributed by atoms with Crippen LogP contribution in [0.2, 0.25) is 0 Å². The largest absolute Gasteiger partial charge is 0.494 e. The second-order valence-corrected chi connectivity index (χ2v) is 5.46. The Balaban J connectivity index is 2.26. The van der Waals surface area contributed by atoms with Crippen LogP contribution >= 0.6 is 0 Å². The molecular weight excluding hydrogens is 254 g/mol. The summed E-state index contributed by atoms with van der Waals surface area (Å²) in [4.78, 5) is 13.3. The van der Waals surface area contributed by atoms with E-state index in [0.717, 1.165) is 30.7 Å². The number of benzene rings is 1. The second kappa shape index (κ2) is 6.27. The maximum absolute atomic E-state index is 11.3. The van der Waals surface area contributed by atoms with Crippen molar-refractivity contribution in [2.24, 2.45) is 0 Å². The Hall–Kier alpha value is -1.55. The fraction of sp³-hybridized carbons (Fsp3) is 0.562. The van der Waals surface area contributed by atoms with Crippen LogP contribution in [0, 0.1) is 13.8 Å². The zero-order valence-electron chi connectivity index (χ0n) is 12.5. The van der Waals surface area contributed by atoms with Gasteiger partial charge in [0.05, 0.1) is 6.61 Å². The summed E-state index contributed by atoms with van der Waals surface area (Å²) in [7, 11) is 0. The summed E-state index contributed by atoms with van der Waals surface area (Å²) in [5.74, 6) is 0.172. The number of nitrogens with zero attached hydrogens (tertiary/aromatic N) is 1. The van der Waals surface area contributed by atoms with Gasteiger partial charge in [-0.1, -0.05) is 6.07 Å². The number of hydrogen-bond acceptors (Lipinski definition) is 3. The number of carbonyl (C=O) groups is 1. The third-order valence-electron chi connectivity index (χ3n) is 3.89. The number of carboxylic acid groups (broad SMARTS) is 1. The summed E-state index contributed by atoms with van der Waals surface area (Å²) in [6, 6.07) is 3.81. The van der Waals surface area contributed by atoms with Crippen LogP contribution < -0.4 is 4.74 Å². The zero-order chi connectivity index (χ0) is 14.7. The van der Waals surface area contributed by atoms with Crippen molar-refractivity contribution in [1.82, 2.24) is 4.90 Å². The highest BCUT2D eigenvalue weighted by molar-refractivity contribution is 5.73. The van der Waals surface area contributed by atoms with E-state index in [0.29, 0.717) is 13.2 Å². The average molecular weight is 277 g/mol. The topological polar surface area (TPSA) is 49.8 Å². The Labute approximate surface area is 120 Å². The van der Waals surface area contributed by atoms with Crippen LogP contribution in [-0.2, 0) is 11.3 Å². The minimum Gasteiger partial charge on any atom is -0.494 e. The molecule has 0 amide bonds. The van der Waals surface area contributed by atoms with E-state index in [1.54, 1.807) is 0 Å². The van der Waals surface area contributed by atoms with Crippen molar-refractivity contribution in [2.75, 3.05) is 13.2 Å². The van der Waals surface area contributed by atoms with Gasteiger partial charge in [0.2, 0.25) is 0 Å². The van der Waals surface area contributed by atoms with Gasteiger partial charge in [-0.2, -0.15) is 0 Å². The number of rotatable bonds is 5. The first-order valence-corrected chi connectivity index (χ1v) is 7.22. The van der Waals surface area contributed by atoms with Crippen molar-refractivity contribution in [2.45, 2.75) is 46.2 Å². The van der Waals surface area contributed by atoms with E-state index in [-0.39, 0.29) is 6.04 Å². The minimum atomic E-state index is -0.717. The van der Waals surface area contributed by atoms with Crippen molar-refractivity contribution < 1.29 is 14.6 Å². The first-order valence-electron chi connectivity index (χ1n) is 7.22. The molecule has 1 aromatic rings. The van der Waals surface area contributed by atoms with Gasteiger partial charge in [-0.05, 0) is 57.4 Å². The SMILES string of the molecule is CCOc1cc(C)cc(C)c1CN1CCCC1C(=O)O. The lowest BCUT2D eigenvalue weighted by Crippen LogP contribution is -2.35. The van der Waals surface area contributed by atoms with Gasteiger partial charge in [0.1, 0.15) is 11.8 Å². The van der Waals surface area contributed by atoms with Crippen LogP contribution in [-0.4, -0.2) is 35.2 Å². The summed E-state index contributed by atoms with van der Waals surface area (Å²) in [6.07, 6.45) is 1.69. The van der Waals surface area contributed by atoms with E-state index in [4.69, 9.17) is 4.74 Å². The van der Waals surface area contributed by atoms with E-state index >= 15 is 0 Å². The molecule has 0 spiro atoms. The molecule has 1 atom stereocenters. The highest BCUT2D eigenvalue weighted by Gasteiger charge is 2.31. The summed E-state index contributed by atoms with van der Waals surface area (Å²) in [5, 5.41) is 9.27. The molecule has 0 aromatic heterocycles.